The summed E-state index contributed by atoms with van der Waals surface area (Å²) < 4.78 is 36.6. The van der Waals surface area contributed by atoms with E-state index in [2.05, 4.69) is 39.0 Å². The summed E-state index contributed by atoms with van der Waals surface area (Å²) >= 11 is 0. The molecule has 0 saturated carbocycles. The van der Waals surface area contributed by atoms with Gasteiger partial charge in [-0.1, -0.05) is 12.1 Å². The lowest BCUT2D eigenvalue weighted by Crippen LogP contribution is -2.44. The van der Waals surface area contributed by atoms with E-state index in [1.165, 1.54) is 6.07 Å². The summed E-state index contributed by atoms with van der Waals surface area (Å²) in [5.74, 6) is 2.29. The molecule has 3 aromatic carbocycles. The Hall–Kier alpha value is -4.28. The molecule has 272 valence electrons. The summed E-state index contributed by atoms with van der Waals surface area (Å²) in [6.45, 7) is 3.40. The molecule has 3 heterocycles. The number of pyridine rings is 2. The van der Waals surface area contributed by atoms with Gasteiger partial charge in [0.25, 0.3) is 0 Å². The first-order valence-electron chi connectivity index (χ1n) is 16.1. The summed E-state index contributed by atoms with van der Waals surface area (Å²) in [4.78, 5) is 14.1. The number of piperidine rings is 1. The average Bonchev–Trinajstić information content (AvgIpc) is 3.14. The van der Waals surface area contributed by atoms with E-state index in [0.717, 1.165) is 66.3 Å². The van der Waals surface area contributed by atoms with Crippen molar-refractivity contribution in [1.82, 2.24) is 14.9 Å². The van der Waals surface area contributed by atoms with Crippen LogP contribution in [0.4, 0.5) is 10.1 Å². The third-order valence-corrected chi connectivity index (χ3v) is 8.92. The molecular weight excluding hydrogens is 714 g/mol. The standard InChI is InChI=1S/C39H41FN4O4.3ClH/c1-45-32-11-9-30(10-12-32)44(26-28-14-17-41-35(21-28)29-23-37(46-2)39(48-4)38(24-29)47-3)31-15-19-43(20-16-31)25-27-13-18-42-36(22-27)33-7-5-6-8-34(33)40;;;/h5-14,17-18,21-24,31H,15-16,19-20,25-26H2,1-4H3;3*1H. The molecule has 0 radical (unpaired) electrons. The maximum Gasteiger partial charge on any atom is 0.203 e. The number of benzene rings is 3. The van der Waals surface area contributed by atoms with Gasteiger partial charge >= 0.3 is 0 Å². The molecule has 1 saturated heterocycles. The molecule has 0 amide bonds. The fourth-order valence-corrected chi connectivity index (χ4v) is 6.40. The number of halogens is 4. The van der Waals surface area contributed by atoms with Crippen molar-refractivity contribution in [2.24, 2.45) is 0 Å². The second-order valence-corrected chi connectivity index (χ2v) is 11.8. The van der Waals surface area contributed by atoms with Gasteiger partial charge in [-0.3, -0.25) is 14.9 Å². The molecular formula is C39H44Cl3FN4O4. The van der Waals surface area contributed by atoms with E-state index in [1.54, 1.807) is 46.8 Å². The van der Waals surface area contributed by atoms with Gasteiger partial charge in [-0.15, -0.1) is 37.2 Å². The van der Waals surface area contributed by atoms with Gasteiger partial charge in [-0.05, 0) is 96.8 Å². The predicted molar refractivity (Wildman–Crippen MR) is 208 cm³/mol. The quantitative estimate of drug-likeness (QED) is 0.125. The Morgan fingerprint density at radius 3 is 1.92 bits per heavy atom. The van der Waals surface area contributed by atoms with Crippen molar-refractivity contribution >= 4 is 42.9 Å². The van der Waals surface area contributed by atoms with E-state index in [1.807, 2.05) is 48.7 Å². The zero-order chi connectivity index (χ0) is 33.5. The maximum atomic E-state index is 14.4. The molecule has 0 unspecified atom stereocenters. The minimum Gasteiger partial charge on any atom is -0.497 e. The highest BCUT2D eigenvalue weighted by atomic mass is 35.5. The number of nitrogens with zero attached hydrogens (tertiary/aromatic N) is 4. The highest BCUT2D eigenvalue weighted by Gasteiger charge is 2.26. The molecule has 6 rings (SSSR count). The van der Waals surface area contributed by atoms with Crippen LogP contribution in [0.1, 0.15) is 24.0 Å². The highest BCUT2D eigenvalue weighted by Crippen LogP contribution is 2.41. The van der Waals surface area contributed by atoms with Gasteiger partial charge in [0, 0.05) is 61.4 Å². The van der Waals surface area contributed by atoms with E-state index in [9.17, 15) is 4.39 Å². The van der Waals surface area contributed by atoms with Crippen molar-refractivity contribution in [1.29, 1.82) is 0 Å². The van der Waals surface area contributed by atoms with Crippen LogP contribution in [-0.2, 0) is 13.1 Å². The number of hydrogen-bond donors (Lipinski definition) is 0. The van der Waals surface area contributed by atoms with Gasteiger partial charge in [-0.25, -0.2) is 4.39 Å². The maximum absolute atomic E-state index is 14.4. The predicted octanol–water partition coefficient (Wildman–Crippen LogP) is 8.92. The van der Waals surface area contributed by atoms with Crippen molar-refractivity contribution in [2.45, 2.75) is 32.0 Å². The van der Waals surface area contributed by atoms with E-state index in [-0.39, 0.29) is 43.0 Å². The molecule has 1 aliphatic rings. The molecule has 0 spiro atoms. The number of aromatic nitrogens is 2. The molecule has 5 aromatic rings. The second-order valence-electron chi connectivity index (χ2n) is 11.8. The zero-order valence-corrected chi connectivity index (χ0v) is 31.5. The Labute approximate surface area is 318 Å². The van der Waals surface area contributed by atoms with Crippen LogP contribution in [0.2, 0.25) is 0 Å². The molecule has 2 aromatic heterocycles. The minimum absolute atomic E-state index is 0. The molecule has 0 aliphatic carbocycles. The SMILES string of the molecule is COc1ccc(N(Cc2ccnc(-c3cc(OC)c(OC)c(OC)c3)c2)C2CCN(Cc3ccnc(-c4ccccc4F)c3)CC2)cc1.Cl.Cl.Cl. The summed E-state index contributed by atoms with van der Waals surface area (Å²) in [5, 5.41) is 0. The van der Waals surface area contributed by atoms with Crippen LogP contribution in [0.15, 0.2) is 97.3 Å². The van der Waals surface area contributed by atoms with Crippen molar-refractivity contribution in [3.8, 4) is 45.5 Å². The first-order valence-corrected chi connectivity index (χ1v) is 16.1. The number of rotatable bonds is 12. The number of methoxy groups -OCH3 is 4. The molecule has 1 aliphatic heterocycles. The lowest BCUT2D eigenvalue weighted by atomic mass is 10.00. The Balaban J connectivity index is 0.00000234. The van der Waals surface area contributed by atoms with Crippen LogP contribution < -0.4 is 23.8 Å². The second kappa shape index (κ2) is 19.4. The summed E-state index contributed by atoms with van der Waals surface area (Å²) in [6.07, 6.45) is 5.63. The van der Waals surface area contributed by atoms with E-state index in [0.29, 0.717) is 41.1 Å². The van der Waals surface area contributed by atoms with Crippen molar-refractivity contribution < 1.29 is 23.3 Å². The van der Waals surface area contributed by atoms with Crippen LogP contribution >= 0.6 is 37.2 Å². The fraction of sp³-hybridized carbons (Fsp3) is 0.282. The number of likely N-dealkylation sites (tertiary alicyclic amines) is 1. The van der Waals surface area contributed by atoms with Gasteiger partial charge in [-0.2, -0.15) is 0 Å². The summed E-state index contributed by atoms with van der Waals surface area (Å²) in [5.41, 5.74) is 6.30. The topological polar surface area (TPSA) is 69.2 Å². The first kappa shape index (κ1) is 41.1. The highest BCUT2D eigenvalue weighted by molar-refractivity contribution is 5.86. The molecule has 8 nitrogen and oxygen atoms in total. The van der Waals surface area contributed by atoms with Crippen LogP contribution in [-0.4, -0.2) is 62.4 Å². The van der Waals surface area contributed by atoms with Gasteiger partial charge in [0.05, 0.1) is 39.8 Å². The van der Waals surface area contributed by atoms with Crippen molar-refractivity contribution in [3.63, 3.8) is 0 Å². The van der Waals surface area contributed by atoms with Crippen molar-refractivity contribution in [2.75, 3.05) is 46.4 Å². The molecule has 0 bridgehead atoms. The van der Waals surface area contributed by atoms with Gasteiger partial charge < -0.3 is 23.8 Å². The summed E-state index contributed by atoms with van der Waals surface area (Å²) in [6, 6.07) is 27.5. The Morgan fingerprint density at radius 1 is 0.706 bits per heavy atom. The monoisotopic (exact) mass is 756 g/mol. The molecule has 12 heteroatoms. The van der Waals surface area contributed by atoms with Gasteiger partial charge in [0.15, 0.2) is 11.5 Å². The zero-order valence-electron chi connectivity index (χ0n) is 29.1. The Morgan fingerprint density at radius 2 is 1.31 bits per heavy atom. The van der Waals surface area contributed by atoms with E-state index < -0.39 is 0 Å². The lowest BCUT2D eigenvalue weighted by Gasteiger charge is -2.40. The molecule has 0 atom stereocenters. The third kappa shape index (κ3) is 9.74. The number of ether oxygens (including phenoxy) is 4. The van der Waals surface area contributed by atoms with Crippen molar-refractivity contribution in [3.05, 3.63) is 114 Å². The normalized spacial score (nSPS) is 12.8. The number of hydrogen-bond acceptors (Lipinski definition) is 8. The number of anilines is 1. The van der Waals surface area contributed by atoms with Gasteiger partial charge in [0.1, 0.15) is 11.6 Å². The first-order chi connectivity index (χ1) is 23.5. The van der Waals surface area contributed by atoms with Crippen LogP contribution in [0.3, 0.4) is 0 Å². The summed E-state index contributed by atoms with van der Waals surface area (Å²) in [7, 11) is 6.51. The van der Waals surface area contributed by atoms with Crippen LogP contribution in [0.5, 0.6) is 23.0 Å². The smallest absolute Gasteiger partial charge is 0.203 e. The average molecular weight is 758 g/mol. The van der Waals surface area contributed by atoms with Crippen LogP contribution in [0, 0.1) is 5.82 Å². The largest absolute Gasteiger partial charge is 0.497 e. The molecule has 0 N–H and O–H groups in total. The van der Waals surface area contributed by atoms with E-state index in [4.69, 9.17) is 23.9 Å². The van der Waals surface area contributed by atoms with E-state index >= 15 is 0 Å². The molecule has 51 heavy (non-hydrogen) atoms. The molecule has 1 fully saturated rings. The minimum atomic E-state index is -0.258. The lowest BCUT2D eigenvalue weighted by molar-refractivity contribution is 0.201. The Bertz CT molecular complexity index is 1820. The fourth-order valence-electron chi connectivity index (χ4n) is 6.40. The third-order valence-electron chi connectivity index (χ3n) is 8.92. The van der Waals surface area contributed by atoms with Gasteiger partial charge in [0.2, 0.25) is 5.75 Å². The van der Waals surface area contributed by atoms with Crippen LogP contribution in [0.25, 0.3) is 22.5 Å². The Kier molecular flexibility index (Phi) is 15.6.